The first-order valence-electron chi connectivity index (χ1n) is 6.42. The molecule has 4 heteroatoms. The number of nitrogens with zero attached hydrogens (tertiary/aromatic N) is 1. The summed E-state index contributed by atoms with van der Waals surface area (Å²) in [6, 6.07) is 11.7. The number of rotatable bonds is 6. The molecule has 0 spiro atoms. The van der Waals surface area contributed by atoms with Crippen LogP contribution in [0.2, 0.25) is 0 Å². The molecule has 0 aliphatic carbocycles. The van der Waals surface area contributed by atoms with Crippen molar-refractivity contribution in [3.8, 4) is 5.88 Å². The zero-order chi connectivity index (χ0) is 14.2. The molecule has 20 heavy (non-hydrogen) atoms. The van der Waals surface area contributed by atoms with E-state index in [0.717, 1.165) is 16.8 Å². The Kier molecular flexibility index (Phi) is 5.12. The van der Waals surface area contributed by atoms with Gasteiger partial charge in [0, 0.05) is 25.0 Å². The minimum Gasteiger partial charge on any atom is -0.475 e. The van der Waals surface area contributed by atoms with Crippen LogP contribution in [-0.4, -0.2) is 25.3 Å². The number of aromatic nitrogens is 1. The maximum atomic E-state index is 12.0. The number of nitrogens with one attached hydrogen (secondary N) is 1. The molecule has 3 nitrogen and oxygen atoms in total. The summed E-state index contributed by atoms with van der Waals surface area (Å²) in [4.78, 5) is 4.11. The van der Waals surface area contributed by atoms with Crippen molar-refractivity contribution in [3.63, 3.8) is 0 Å². The molecular formula is C16H17FN2O. The molecule has 2 rings (SSSR count). The standard InChI is InChI=1S/C16H17FN2O/c1-18-15-7-4-13(5-8-15)2-3-14-6-9-16(19-12-14)20-11-10-17/h2-9,12,18H,10-11H2,1H3/b3-2+. The summed E-state index contributed by atoms with van der Waals surface area (Å²) < 4.78 is 17.0. The monoisotopic (exact) mass is 272 g/mol. The number of benzene rings is 1. The van der Waals surface area contributed by atoms with Crippen LogP contribution in [0.3, 0.4) is 0 Å². The maximum Gasteiger partial charge on any atom is 0.213 e. The average molecular weight is 272 g/mol. The number of hydrogen-bond acceptors (Lipinski definition) is 3. The van der Waals surface area contributed by atoms with Crippen LogP contribution in [0.25, 0.3) is 12.2 Å². The molecule has 0 aliphatic rings. The molecule has 1 aromatic heterocycles. The first-order chi connectivity index (χ1) is 9.81. The van der Waals surface area contributed by atoms with E-state index in [1.54, 1.807) is 12.3 Å². The van der Waals surface area contributed by atoms with Gasteiger partial charge in [-0.05, 0) is 29.3 Å². The van der Waals surface area contributed by atoms with Crippen molar-refractivity contribution in [2.24, 2.45) is 0 Å². The fourth-order valence-corrected chi connectivity index (χ4v) is 1.67. The Morgan fingerprint density at radius 2 is 1.80 bits per heavy atom. The van der Waals surface area contributed by atoms with Gasteiger partial charge >= 0.3 is 0 Å². The molecule has 104 valence electrons. The second kappa shape index (κ2) is 7.28. The van der Waals surface area contributed by atoms with E-state index in [2.05, 4.69) is 10.3 Å². The van der Waals surface area contributed by atoms with Crippen LogP contribution >= 0.6 is 0 Å². The van der Waals surface area contributed by atoms with E-state index in [4.69, 9.17) is 4.74 Å². The smallest absolute Gasteiger partial charge is 0.213 e. The molecule has 1 heterocycles. The molecule has 0 atom stereocenters. The maximum absolute atomic E-state index is 12.0. The molecule has 0 fully saturated rings. The number of pyridine rings is 1. The van der Waals surface area contributed by atoms with Crippen molar-refractivity contribution in [3.05, 3.63) is 53.7 Å². The van der Waals surface area contributed by atoms with Gasteiger partial charge in [-0.2, -0.15) is 0 Å². The van der Waals surface area contributed by atoms with Crippen LogP contribution in [0.4, 0.5) is 10.1 Å². The second-order valence-corrected chi connectivity index (χ2v) is 4.17. The summed E-state index contributed by atoms with van der Waals surface area (Å²) in [5.41, 5.74) is 3.16. The van der Waals surface area contributed by atoms with Crippen molar-refractivity contribution >= 4 is 17.8 Å². The third kappa shape index (κ3) is 4.09. The summed E-state index contributed by atoms with van der Waals surface area (Å²) in [5, 5.41) is 3.08. The molecule has 2 aromatic rings. The minimum absolute atomic E-state index is 0.0417. The number of ether oxygens (including phenoxy) is 1. The summed E-state index contributed by atoms with van der Waals surface area (Å²) in [7, 11) is 1.89. The van der Waals surface area contributed by atoms with E-state index in [9.17, 15) is 4.39 Å². The molecular weight excluding hydrogens is 255 g/mol. The lowest BCUT2D eigenvalue weighted by Crippen LogP contribution is -1.99. The average Bonchev–Trinajstić information content (AvgIpc) is 2.52. The van der Waals surface area contributed by atoms with Crippen LogP contribution in [-0.2, 0) is 0 Å². The third-order valence-electron chi connectivity index (χ3n) is 2.75. The van der Waals surface area contributed by atoms with Gasteiger partial charge in [-0.25, -0.2) is 9.37 Å². The van der Waals surface area contributed by atoms with E-state index in [1.807, 2.05) is 49.5 Å². The van der Waals surface area contributed by atoms with Crippen molar-refractivity contribution in [1.29, 1.82) is 0 Å². The van der Waals surface area contributed by atoms with E-state index < -0.39 is 6.67 Å². The van der Waals surface area contributed by atoms with Gasteiger partial charge < -0.3 is 10.1 Å². The largest absolute Gasteiger partial charge is 0.475 e. The zero-order valence-corrected chi connectivity index (χ0v) is 11.3. The predicted octanol–water partition coefficient (Wildman–Crippen LogP) is 3.64. The Morgan fingerprint density at radius 1 is 1.10 bits per heavy atom. The summed E-state index contributed by atoms with van der Waals surface area (Å²) >= 11 is 0. The molecule has 0 aliphatic heterocycles. The Morgan fingerprint density at radius 3 is 2.40 bits per heavy atom. The van der Waals surface area contributed by atoms with E-state index in [0.29, 0.717) is 5.88 Å². The highest BCUT2D eigenvalue weighted by Gasteiger charge is 1.95. The third-order valence-corrected chi connectivity index (χ3v) is 2.75. The van der Waals surface area contributed by atoms with Crippen LogP contribution in [0.1, 0.15) is 11.1 Å². The Hall–Kier alpha value is -2.36. The minimum atomic E-state index is -0.508. The van der Waals surface area contributed by atoms with Gasteiger partial charge in [0.2, 0.25) is 5.88 Å². The predicted molar refractivity (Wildman–Crippen MR) is 80.6 cm³/mol. The van der Waals surface area contributed by atoms with Crippen LogP contribution in [0.15, 0.2) is 42.6 Å². The Bertz CT molecular complexity index is 550. The van der Waals surface area contributed by atoms with Gasteiger partial charge in [-0.1, -0.05) is 24.3 Å². The van der Waals surface area contributed by atoms with E-state index in [-0.39, 0.29) is 6.61 Å². The lowest BCUT2D eigenvalue weighted by atomic mass is 10.1. The lowest BCUT2D eigenvalue weighted by molar-refractivity contribution is 0.264. The first kappa shape index (κ1) is 14.1. The first-order valence-corrected chi connectivity index (χ1v) is 6.42. The molecule has 1 aromatic carbocycles. The second-order valence-electron chi connectivity index (χ2n) is 4.17. The van der Waals surface area contributed by atoms with E-state index >= 15 is 0 Å². The Balaban J connectivity index is 1.99. The molecule has 0 bridgehead atoms. The molecule has 0 radical (unpaired) electrons. The van der Waals surface area contributed by atoms with Gasteiger partial charge in [0.15, 0.2) is 0 Å². The highest BCUT2D eigenvalue weighted by molar-refractivity contribution is 5.70. The molecule has 1 N–H and O–H groups in total. The van der Waals surface area contributed by atoms with Crippen molar-refractivity contribution in [2.75, 3.05) is 25.6 Å². The Labute approximate surface area is 118 Å². The van der Waals surface area contributed by atoms with E-state index in [1.165, 1.54) is 0 Å². The van der Waals surface area contributed by atoms with Crippen LogP contribution in [0.5, 0.6) is 5.88 Å². The lowest BCUT2D eigenvalue weighted by Gasteiger charge is -2.02. The fourth-order valence-electron chi connectivity index (χ4n) is 1.67. The highest BCUT2D eigenvalue weighted by atomic mass is 19.1. The van der Waals surface area contributed by atoms with Gasteiger partial charge in [-0.15, -0.1) is 0 Å². The number of hydrogen-bond donors (Lipinski definition) is 1. The summed E-state index contributed by atoms with van der Waals surface area (Å²) in [6.07, 6.45) is 5.69. The van der Waals surface area contributed by atoms with Gasteiger partial charge in [-0.3, -0.25) is 0 Å². The normalized spacial score (nSPS) is 10.7. The summed E-state index contributed by atoms with van der Waals surface area (Å²) in [6.45, 7) is -0.466. The van der Waals surface area contributed by atoms with Crippen molar-refractivity contribution in [2.45, 2.75) is 0 Å². The summed E-state index contributed by atoms with van der Waals surface area (Å²) in [5.74, 6) is 0.443. The number of halogens is 1. The van der Waals surface area contributed by atoms with Gasteiger partial charge in [0.1, 0.15) is 13.3 Å². The van der Waals surface area contributed by atoms with Crippen molar-refractivity contribution in [1.82, 2.24) is 4.98 Å². The van der Waals surface area contributed by atoms with Gasteiger partial charge in [0.25, 0.3) is 0 Å². The molecule has 0 amide bonds. The van der Waals surface area contributed by atoms with Crippen molar-refractivity contribution < 1.29 is 9.13 Å². The number of anilines is 1. The SMILES string of the molecule is CNc1ccc(/C=C/c2ccc(OCCF)nc2)cc1. The van der Waals surface area contributed by atoms with Crippen LogP contribution in [0, 0.1) is 0 Å². The zero-order valence-electron chi connectivity index (χ0n) is 11.3. The van der Waals surface area contributed by atoms with Crippen LogP contribution < -0.4 is 10.1 Å². The molecule has 0 saturated carbocycles. The molecule has 0 saturated heterocycles. The number of alkyl halides is 1. The quantitative estimate of drug-likeness (QED) is 0.871. The van der Waals surface area contributed by atoms with Gasteiger partial charge in [0.05, 0.1) is 0 Å². The fraction of sp³-hybridized carbons (Fsp3) is 0.188. The molecule has 0 unspecified atom stereocenters. The topological polar surface area (TPSA) is 34.1 Å². The highest BCUT2D eigenvalue weighted by Crippen LogP contribution is 2.13.